The van der Waals surface area contributed by atoms with Crippen LogP contribution in [0, 0.1) is 5.82 Å². The number of aromatic hydroxyl groups is 1. The normalized spacial score (nSPS) is 12.0. The van der Waals surface area contributed by atoms with Crippen molar-refractivity contribution in [3.8, 4) is 5.75 Å². The molecule has 0 saturated carbocycles. The molecule has 120 valence electrons. The predicted octanol–water partition coefficient (Wildman–Crippen LogP) is 5.21. The van der Waals surface area contributed by atoms with Gasteiger partial charge < -0.3 is 9.67 Å². The van der Waals surface area contributed by atoms with E-state index >= 15 is 0 Å². The summed E-state index contributed by atoms with van der Waals surface area (Å²) in [5.74, 6) is -1.37. The Balaban J connectivity index is 2.01. The van der Waals surface area contributed by atoms with Gasteiger partial charge in [0.1, 0.15) is 11.6 Å². The first-order valence-electron chi connectivity index (χ1n) is 6.58. The number of rotatable bonds is 2. The number of hydrogen-bond acceptors (Lipinski definition) is 1. The smallest absolute Gasteiger partial charge is 0.419 e. The molecule has 0 aliphatic carbocycles. The SMILES string of the molecule is Oc1cc2ccn(Cc3ccc(F)c(C(F)(F)F)c3)c2cc1Cl. The van der Waals surface area contributed by atoms with Crippen LogP contribution >= 0.6 is 11.6 Å². The standard InChI is InChI=1S/C16H10ClF4NO/c17-12-7-14-10(6-15(12)23)3-4-22(14)8-9-1-2-13(18)11(5-9)16(19,20)21/h1-7,23H,8H2. The second-order valence-corrected chi connectivity index (χ2v) is 5.53. The lowest BCUT2D eigenvalue weighted by Gasteiger charge is -2.11. The summed E-state index contributed by atoms with van der Waals surface area (Å²) in [6.07, 6.45) is -3.08. The molecule has 0 fully saturated rings. The molecular weight excluding hydrogens is 334 g/mol. The Hall–Kier alpha value is -2.21. The summed E-state index contributed by atoms with van der Waals surface area (Å²) in [4.78, 5) is 0. The van der Waals surface area contributed by atoms with Crippen LogP contribution in [0.1, 0.15) is 11.1 Å². The van der Waals surface area contributed by atoms with Crippen LogP contribution < -0.4 is 0 Å². The lowest BCUT2D eigenvalue weighted by atomic mass is 10.1. The second kappa shape index (κ2) is 5.45. The molecule has 0 radical (unpaired) electrons. The van der Waals surface area contributed by atoms with Crippen LogP contribution in [0.5, 0.6) is 5.75 Å². The Bertz CT molecular complexity index is 886. The molecule has 3 aromatic rings. The number of phenols is 1. The minimum atomic E-state index is -4.74. The Kier molecular flexibility index (Phi) is 3.72. The number of halogens is 5. The molecule has 23 heavy (non-hydrogen) atoms. The highest BCUT2D eigenvalue weighted by Crippen LogP contribution is 2.33. The van der Waals surface area contributed by atoms with Gasteiger partial charge in [0.25, 0.3) is 0 Å². The molecule has 0 atom stereocenters. The van der Waals surface area contributed by atoms with Crippen molar-refractivity contribution in [2.75, 3.05) is 0 Å². The Labute approximate surface area is 133 Å². The summed E-state index contributed by atoms with van der Waals surface area (Å²) < 4.78 is 53.3. The number of fused-ring (bicyclic) bond motifs is 1. The third-order valence-corrected chi connectivity index (χ3v) is 3.83. The third-order valence-electron chi connectivity index (χ3n) is 3.53. The number of aromatic nitrogens is 1. The van der Waals surface area contributed by atoms with E-state index in [2.05, 4.69) is 0 Å². The fourth-order valence-electron chi connectivity index (χ4n) is 2.42. The maximum Gasteiger partial charge on any atom is 0.419 e. The molecule has 0 bridgehead atoms. The van der Waals surface area contributed by atoms with Gasteiger partial charge in [0.05, 0.1) is 16.1 Å². The minimum absolute atomic E-state index is 0.0712. The zero-order valence-corrected chi connectivity index (χ0v) is 12.3. The van der Waals surface area contributed by atoms with Crippen molar-refractivity contribution in [1.82, 2.24) is 4.57 Å². The summed E-state index contributed by atoms with van der Waals surface area (Å²) in [5.41, 5.74) is -0.326. The summed E-state index contributed by atoms with van der Waals surface area (Å²) in [5, 5.41) is 10.4. The highest BCUT2D eigenvalue weighted by molar-refractivity contribution is 6.32. The van der Waals surface area contributed by atoms with E-state index in [9.17, 15) is 22.7 Å². The topological polar surface area (TPSA) is 25.2 Å². The number of hydrogen-bond donors (Lipinski definition) is 1. The van der Waals surface area contributed by atoms with Crippen molar-refractivity contribution in [3.63, 3.8) is 0 Å². The lowest BCUT2D eigenvalue weighted by Crippen LogP contribution is -2.09. The first-order valence-corrected chi connectivity index (χ1v) is 6.96. The van der Waals surface area contributed by atoms with E-state index in [0.717, 1.165) is 12.1 Å². The molecule has 0 saturated heterocycles. The first kappa shape index (κ1) is 15.7. The van der Waals surface area contributed by atoms with Crippen molar-refractivity contribution in [1.29, 1.82) is 0 Å². The van der Waals surface area contributed by atoms with E-state index in [1.54, 1.807) is 16.8 Å². The largest absolute Gasteiger partial charge is 0.506 e. The van der Waals surface area contributed by atoms with Crippen LogP contribution in [0.2, 0.25) is 5.02 Å². The van der Waals surface area contributed by atoms with Crippen molar-refractivity contribution >= 4 is 22.5 Å². The molecular formula is C16H10ClF4NO. The zero-order chi connectivity index (χ0) is 16.8. The average molecular weight is 344 g/mol. The van der Waals surface area contributed by atoms with E-state index in [0.29, 0.717) is 16.5 Å². The van der Waals surface area contributed by atoms with Crippen LogP contribution in [0.15, 0.2) is 42.6 Å². The Morgan fingerprint density at radius 3 is 2.52 bits per heavy atom. The molecule has 0 spiro atoms. The molecule has 1 N–H and O–H groups in total. The highest BCUT2D eigenvalue weighted by atomic mass is 35.5. The van der Waals surface area contributed by atoms with Gasteiger partial charge in [0, 0.05) is 18.1 Å². The monoisotopic (exact) mass is 343 g/mol. The van der Waals surface area contributed by atoms with Gasteiger partial charge in [-0.05, 0) is 35.9 Å². The molecule has 1 aromatic heterocycles. The van der Waals surface area contributed by atoms with Gasteiger partial charge in [0.15, 0.2) is 0 Å². The van der Waals surface area contributed by atoms with Crippen LogP contribution in [-0.4, -0.2) is 9.67 Å². The summed E-state index contributed by atoms with van der Waals surface area (Å²) in [6.45, 7) is 0.119. The van der Waals surface area contributed by atoms with Gasteiger partial charge in [-0.1, -0.05) is 17.7 Å². The van der Waals surface area contributed by atoms with Gasteiger partial charge in [-0.3, -0.25) is 0 Å². The summed E-state index contributed by atoms with van der Waals surface area (Å²) in [7, 11) is 0. The van der Waals surface area contributed by atoms with Crippen LogP contribution in [0.3, 0.4) is 0 Å². The van der Waals surface area contributed by atoms with Gasteiger partial charge in [-0.2, -0.15) is 13.2 Å². The fraction of sp³-hybridized carbons (Fsp3) is 0.125. The lowest BCUT2D eigenvalue weighted by molar-refractivity contribution is -0.140. The predicted molar refractivity (Wildman–Crippen MR) is 79.1 cm³/mol. The van der Waals surface area contributed by atoms with Crippen molar-refractivity contribution in [2.24, 2.45) is 0 Å². The summed E-state index contributed by atoms with van der Waals surface area (Å²) in [6, 6.07) is 7.62. The van der Waals surface area contributed by atoms with Gasteiger partial charge in [0.2, 0.25) is 0 Å². The second-order valence-electron chi connectivity index (χ2n) is 5.12. The van der Waals surface area contributed by atoms with Gasteiger partial charge >= 0.3 is 6.18 Å². The zero-order valence-electron chi connectivity index (χ0n) is 11.5. The first-order chi connectivity index (χ1) is 10.8. The van der Waals surface area contributed by atoms with Gasteiger partial charge in [-0.15, -0.1) is 0 Å². The van der Waals surface area contributed by atoms with E-state index in [1.165, 1.54) is 18.2 Å². The van der Waals surface area contributed by atoms with E-state index in [4.69, 9.17) is 11.6 Å². The van der Waals surface area contributed by atoms with Crippen molar-refractivity contribution < 1.29 is 22.7 Å². The number of benzene rings is 2. The molecule has 0 unspecified atom stereocenters. The Morgan fingerprint density at radius 2 is 1.83 bits per heavy atom. The van der Waals surface area contributed by atoms with E-state index in [-0.39, 0.29) is 17.3 Å². The molecule has 0 amide bonds. The average Bonchev–Trinajstić information content (AvgIpc) is 2.83. The minimum Gasteiger partial charge on any atom is -0.506 e. The number of alkyl halides is 3. The summed E-state index contributed by atoms with van der Waals surface area (Å²) >= 11 is 5.86. The maximum absolute atomic E-state index is 13.3. The highest BCUT2D eigenvalue weighted by Gasteiger charge is 2.34. The third kappa shape index (κ3) is 2.99. The van der Waals surface area contributed by atoms with E-state index in [1.807, 2.05) is 0 Å². The number of nitrogens with zero attached hydrogens (tertiary/aromatic N) is 1. The van der Waals surface area contributed by atoms with Crippen molar-refractivity contribution in [3.05, 3.63) is 64.6 Å². The molecule has 0 aliphatic heterocycles. The molecule has 0 aliphatic rings. The van der Waals surface area contributed by atoms with Gasteiger partial charge in [-0.25, -0.2) is 4.39 Å². The molecule has 2 aromatic carbocycles. The van der Waals surface area contributed by atoms with Crippen molar-refractivity contribution in [2.45, 2.75) is 12.7 Å². The fourth-order valence-corrected chi connectivity index (χ4v) is 2.58. The van der Waals surface area contributed by atoms with Crippen LogP contribution in [0.4, 0.5) is 17.6 Å². The maximum atomic E-state index is 13.3. The van der Waals surface area contributed by atoms with Crippen LogP contribution in [0.25, 0.3) is 10.9 Å². The van der Waals surface area contributed by atoms with E-state index < -0.39 is 17.6 Å². The molecule has 3 rings (SSSR count). The molecule has 7 heteroatoms. The quantitative estimate of drug-likeness (QED) is 0.635. The Morgan fingerprint density at radius 1 is 1.09 bits per heavy atom. The number of phenolic OH excluding ortho intramolecular Hbond substituents is 1. The molecule has 2 nitrogen and oxygen atoms in total. The molecule has 1 heterocycles. The van der Waals surface area contributed by atoms with Crippen LogP contribution in [-0.2, 0) is 12.7 Å².